The minimum absolute atomic E-state index is 0.171. The Kier molecular flexibility index (Phi) is 4.16. The third-order valence-electron chi connectivity index (χ3n) is 3.46. The van der Waals surface area contributed by atoms with E-state index in [0.29, 0.717) is 21.3 Å². The number of halogens is 1. The van der Waals surface area contributed by atoms with Crippen LogP contribution in [-0.4, -0.2) is 16.9 Å². The lowest BCUT2D eigenvalue weighted by Crippen LogP contribution is -2.24. The average molecular weight is 372 g/mol. The number of carbonyl (C=O) groups excluding carboxylic acids is 2. The van der Waals surface area contributed by atoms with Crippen LogP contribution in [0.3, 0.4) is 0 Å². The van der Waals surface area contributed by atoms with Gasteiger partial charge >= 0.3 is 0 Å². The molecule has 0 aliphatic heterocycles. The monoisotopic (exact) mass is 371 g/mol. The van der Waals surface area contributed by atoms with Crippen LogP contribution < -0.4 is 10.4 Å². The summed E-state index contributed by atoms with van der Waals surface area (Å²) in [6, 6.07) is 12.5. The number of hydrogen-bond acceptors (Lipinski definition) is 3. The van der Waals surface area contributed by atoms with Gasteiger partial charge in [0.05, 0.1) is 11.3 Å². The third kappa shape index (κ3) is 3.27. The van der Waals surface area contributed by atoms with Gasteiger partial charge in [0.1, 0.15) is 0 Å². The van der Waals surface area contributed by atoms with Gasteiger partial charge in [-0.05, 0) is 39.7 Å². The Morgan fingerprint density at radius 1 is 1.17 bits per heavy atom. The van der Waals surface area contributed by atoms with Gasteiger partial charge in [0.15, 0.2) is 0 Å². The molecule has 23 heavy (non-hydrogen) atoms. The lowest BCUT2D eigenvalue weighted by Gasteiger charge is -2.09. The van der Waals surface area contributed by atoms with E-state index in [9.17, 15) is 14.7 Å². The maximum atomic E-state index is 12.4. The van der Waals surface area contributed by atoms with Crippen LogP contribution in [0.4, 0.5) is 5.69 Å². The molecule has 1 amide bonds. The minimum Gasteiger partial charge on any atom is -0.550 e. The van der Waals surface area contributed by atoms with Crippen molar-refractivity contribution in [2.24, 2.45) is 0 Å². The molecule has 0 saturated carbocycles. The number of benzene rings is 2. The van der Waals surface area contributed by atoms with Gasteiger partial charge in [-0.3, -0.25) is 4.79 Å². The van der Waals surface area contributed by atoms with Crippen LogP contribution in [0.5, 0.6) is 0 Å². The number of aromatic nitrogens is 1. The molecule has 0 atom stereocenters. The highest BCUT2D eigenvalue weighted by Crippen LogP contribution is 2.26. The second-order valence-corrected chi connectivity index (χ2v) is 5.92. The highest BCUT2D eigenvalue weighted by atomic mass is 79.9. The standard InChI is InChI=1S/C17H13BrN2O3/c18-13-7-10(8-16(21)22)5-6-15(13)20-17(23)12-9-19-14-4-2-1-3-11(12)14/h1-7,9,19H,8H2,(H,20,23)(H,21,22)/p-1. The number of hydrogen-bond donors (Lipinski definition) is 2. The van der Waals surface area contributed by atoms with E-state index in [1.807, 2.05) is 24.3 Å². The van der Waals surface area contributed by atoms with E-state index < -0.39 is 5.97 Å². The van der Waals surface area contributed by atoms with Gasteiger partial charge in [-0.2, -0.15) is 0 Å². The first-order valence-corrected chi connectivity index (χ1v) is 7.69. The van der Waals surface area contributed by atoms with E-state index in [0.717, 1.165) is 10.9 Å². The molecule has 116 valence electrons. The Hall–Kier alpha value is -2.60. The molecule has 0 fully saturated rings. The fraction of sp³-hybridized carbons (Fsp3) is 0.0588. The summed E-state index contributed by atoms with van der Waals surface area (Å²) in [4.78, 5) is 26.1. The van der Waals surface area contributed by atoms with Crippen molar-refractivity contribution >= 4 is 44.4 Å². The van der Waals surface area contributed by atoms with E-state index in [4.69, 9.17) is 0 Å². The van der Waals surface area contributed by atoms with E-state index in [-0.39, 0.29) is 12.3 Å². The molecule has 0 saturated heterocycles. The number of carbonyl (C=O) groups is 2. The number of aliphatic carboxylic acids is 1. The molecule has 0 unspecified atom stereocenters. The molecule has 5 nitrogen and oxygen atoms in total. The first-order chi connectivity index (χ1) is 11.0. The molecule has 0 radical (unpaired) electrons. The Labute approximate surface area is 140 Å². The molecule has 0 aliphatic carbocycles. The molecule has 3 rings (SSSR count). The van der Waals surface area contributed by atoms with E-state index in [1.165, 1.54) is 0 Å². The number of carboxylic acid groups (broad SMARTS) is 1. The third-order valence-corrected chi connectivity index (χ3v) is 4.12. The number of anilines is 1. The topological polar surface area (TPSA) is 85.0 Å². The fourth-order valence-electron chi connectivity index (χ4n) is 2.39. The SMILES string of the molecule is O=C([O-])Cc1ccc(NC(=O)c2c[nH]c3ccccc23)c(Br)c1. The second-order valence-electron chi connectivity index (χ2n) is 5.07. The van der Waals surface area contributed by atoms with Gasteiger partial charge in [0.25, 0.3) is 5.91 Å². The molecule has 1 heterocycles. The predicted molar refractivity (Wildman–Crippen MR) is 89.1 cm³/mol. The number of nitrogens with one attached hydrogen (secondary N) is 2. The Balaban J connectivity index is 1.84. The molecule has 0 spiro atoms. The van der Waals surface area contributed by atoms with Crippen molar-refractivity contribution in [1.29, 1.82) is 0 Å². The van der Waals surface area contributed by atoms with Gasteiger partial charge in [-0.1, -0.05) is 24.3 Å². The highest BCUT2D eigenvalue weighted by Gasteiger charge is 2.13. The summed E-state index contributed by atoms with van der Waals surface area (Å²) in [5.41, 5.74) is 2.61. The number of H-pyrrole nitrogens is 1. The number of rotatable bonds is 4. The molecule has 0 bridgehead atoms. The summed E-state index contributed by atoms with van der Waals surface area (Å²) in [5, 5.41) is 14.3. The number of amides is 1. The number of para-hydroxylation sites is 1. The first kappa shape index (κ1) is 15.3. The summed E-state index contributed by atoms with van der Waals surface area (Å²) in [6.07, 6.45) is 1.49. The van der Waals surface area contributed by atoms with Crippen LogP contribution in [-0.2, 0) is 11.2 Å². The van der Waals surface area contributed by atoms with Crippen molar-refractivity contribution in [2.45, 2.75) is 6.42 Å². The number of aromatic amines is 1. The molecule has 6 heteroatoms. The summed E-state index contributed by atoms with van der Waals surface area (Å²) in [5.74, 6) is -1.39. The van der Waals surface area contributed by atoms with Crippen LogP contribution in [0, 0.1) is 0 Å². The van der Waals surface area contributed by atoms with Crippen molar-refractivity contribution in [3.63, 3.8) is 0 Å². The first-order valence-electron chi connectivity index (χ1n) is 6.90. The lowest BCUT2D eigenvalue weighted by molar-refractivity contribution is -0.304. The van der Waals surface area contributed by atoms with Crippen LogP contribution in [0.1, 0.15) is 15.9 Å². The van der Waals surface area contributed by atoms with Crippen LogP contribution in [0.15, 0.2) is 53.1 Å². The number of fused-ring (bicyclic) bond motifs is 1. The van der Waals surface area contributed by atoms with Gasteiger partial charge in [0.2, 0.25) is 0 Å². The minimum atomic E-state index is -1.15. The van der Waals surface area contributed by atoms with E-state index in [1.54, 1.807) is 24.4 Å². The maximum absolute atomic E-state index is 12.4. The second kappa shape index (κ2) is 6.26. The zero-order chi connectivity index (χ0) is 16.4. The molecule has 3 aromatic rings. The Morgan fingerprint density at radius 3 is 2.70 bits per heavy atom. The summed E-state index contributed by atoms with van der Waals surface area (Å²) in [6.45, 7) is 0. The number of carboxylic acids is 1. The highest BCUT2D eigenvalue weighted by molar-refractivity contribution is 9.10. The lowest BCUT2D eigenvalue weighted by atomic mass is 10.1. The van der Waals surface area contributed by atoms with E-state index >= 15 is 0 Å². The molecule has 2 N–H and O–H groups in total. The Morgan fingerprint density at radius 2 is 1.96 bits per heavy atom. The molecule has 2 aromatic carbocycles. The molecule has 0 aliphatic rings. The van der Waals surface area contributed by atoms with Gasteiger partial charge in [-0.25, -0.2) is 0 Å². The quantitative estimate of drug-likeness (QED) is 0.738. The predicted octanol–water partition coefficient (Wildman–Crippen LogP) is 2.48. The fourth-order valence-corrected chi connectivity index (χ4v) is 2.91. The largest absolute Gasteiger partial charge is 0.550 e. The van der Waals surface area contributed by atoms with Crippen molar-refractivity contribution in [1.82, 2.24) is 4.98 Å². The van der Waals surface area contributed by atoms with Crippen molar-refractivity contribution in [2.75, 3.05) is 5.32 Å². The molecule has 1 aromatic heterocycles. The average Bonchev–Trinajstić information content (AvgIpc) is 2.93. The maximum Gasteiger partial charge on any atom is 0.257 e. The zero-order valence-corrected chi connectivity index (χ0v) is 13.5. The van der Waals surface area contributed by atoms with Crippen molar-refractivity contribution < 1.29 is 14.7 Å². The zero-order valence-electron chi connectivity index (χ0n) is 11.9. The molecular formula is C17H12BrN2O3-. The molecular weight excluding hydrogens is 360 g/mol. The normalized spacial score (nSPS) is 10.7. The summed E-state index contributed by atoms with van der Waals surface area (Å²) in [7, 11) is 0. The van der Waals surface area contributed by atoms with E-state index in [2.05, 4.69) is 26.2 Å². The summed E-state index contributed by atoms with van der Waals surface area (Å²) >= 11 is 3.34. The summed E-state index contributed by atoms with van der Waals surface area (Å²) < 4.78 is 0.615. The van der Waals surface area contributed by atoms with Crippen LogP contribution in [0.2, 0.25) is 0 Å². The smallest absolute Gasteiger partial charge is 0.257 e. The van der Waals surface area contributed by atoms with Crippen LogP contribution >= 0.6 is 15.9 Å². The van der Waals surface area contributed by atoms with Crippen molar-refractivity contribution in [3.05, 3.63) is 64.3 Å². The van der Waals surface area contributed by atoms with Gasteiger partial charge in [0, 0.05) is 34.0 Å². The van der Waals surface area contributed by atoms with Crippen LogP contribution in [0.25, 0.3) is 10.9 Å². The van der Waals surface area contributed by atoms with Gasteiger partial charge in [-0.15, -0.1) is 0 Å². The Bertz CT molecular complexity index is 902. The van der Waals surface area contributed by atoms with Crippen molar-refractivity contribution in [3.8, 4) is 0 Å². The van der Waals surface area contributed by atoms with Gasteiger partial charge < -0.3 is 20.2 Å².